The van der Waals surface area contributed by atoms with Gasteiger partial charge in [-0.15, -0.1) is 0 Å². The molecule has 2 heterocycles. The van der Waals surface area contributed by atoms with E-state index in [9.17, 15) is 9.90 Å². The van der Waals surface area contributed by atoms with Crippen LogP contribution in [0, 0.1) is 0 Å². The monoisotopic (exact) mass is 412 g/mol. The first-order chi connectivity index (χ1) is 13.5. The second-order valence-corrected chi connectivity index (χ2v) is 7.31. The number of H-pyrrole nitrogens is 1. The zero-order valence-corrected chi connectivity index (χ0v) is 16.2. The van der Waals surface area contributed by atoms with Gasteiger partial charge in [0, 0.05) is 22.8 Å². The summed E-state index contributed by atoms with van der Waals surface area (Å²) in [7, 11) is 0. The lowest BCUT2D eigenvalue weighted by molar-refractivity contribution is -0.142. The number of benzene rings is 2. The average Bonchev–Trinajstić information content (AvgIpc) is 3.17. The van der Waals surface area contributed by atoms with Crippen LogP contribution < -0.4 is 5.32 Å². The third-order valence-corrected chi connectivity index (χ3v) is 5.32. The van der Waals surface area contributed by atoms with Gasteiger partial charge < -0.3 is 20.3 Å². The first-order valence-electron chi connectivity index (χ1n) is 8.69. The predicted octanol–water partition coefficient (Wildman–Crippen LogP) is 3.86. The van der Waals surface area contributed by atoms with Crippen molar-refractivity contribution in [3.63, 3.8) is 0 Å². The van der Waals surface area contributed by atoms with Crippen molar-refractivity contribution in [2.24, 2.45) is 0 Å². The quantitative estimate of drug-likeness (QED) is 0.567. The molecule has 0 radical (unpaired) electrons. The van der Waals surface area contributed by atoms with Gasteiger partial charge in [-0.2, -0.15) is 0 Å². The van der Waals surface area contributed by atoms with Crippen molar-refractivity contribution >= 4 is 40.6 Å². The standard InChI is InChI=1S/C20H17ClN4O2S/c21-13-6-8-14(9-7-13)24-20(28)25-16(19(26)27)10-15-17(23-11-22-15)18(25)12-4-2-1-3-5-12/h1-9,11,16,18H,10H2,(H,22,23)(H,24,28)(H,26,27). The van der Waals surface area contributed by atoms with E-state index in [2.05, 4.69) is 15.3 Å². The summed E-state index contributed by atoms with van der Waals surface area (Å²) in [6.07, 6.45) is 1.88. The molecule has 0 spiro atoms. The van der Waals surface area contributed by atoms with E-state index in [1.165, 1.54) is 0 Å². The van der Waals surface area contributed by atoms with Gasteiger partial charge in [-0.05, 0) is 42.0 Å². The number of carboxylic acids is 1. The number of nitrogens with one attached hydrogen (secondary N) is 2. The fraction of sp³-hybridized carbons (Fsp3) is 0.150. The third kappa shape index (κ3) is 3.46. The Kier molecular flexibility index (Phi) is 5.02. The Morgan fingerprint density at radius 3 is 2.61 bits per heavy atom. The van der Waals surface area contributed by atoms with Gasteiger partial charge >= 0.3 is 5.97 Å². The minimum atomic E-state index is -0.943. The van der Waals surface area contributed by atoms with Crippen LogP contribution >= 0.6 is 23.8 Å². The number of hydrogen-bond acceptors (Lipinski definition) is 3. The molecule has 8 heteroatoms. The summed E-state index contributed by atoms with van der Waals surface area (Å²) in [6, 6.07) is 15.5. The molecular formula is C20H17ClN4O2S. The van der Waals surface area contributed by atoms with Gasteiger partial charge in [0.15, 0.2) is 5.11 Å². The van der Waals surface area contributed by atoms with Crippen LogP contribution in [-0.4, -0.2) is 37.1 Å². The summed E-state index contributed by atoms with van der Waals surface area (Å²) in [6.45, 7) is 0. The first kappa shape index (κ1) is 18.5. The number of carbonyl (C=O) groups is 1. The van der Waals surface area contributed by atoms with Crippen molar-refractivity contribution < 1.29 is 9.90 Å². The molecule has 0 fully saturated rings. The van der Waals surface area contributed by atoms with Crippen LogP contribution in [0.15, 0.2) is 60.9 Å². The molecule has 0 bridgehead atoms. The highest BCUT2D eigenvalue weighted by molar-refractivity contribution is 7.80. The summed E-state index contributed by atoms with van der Waals surface area (Å²) in [5, 5.41) is 14.0. The molecule has 2 unspecified atom stereocenters. The molecule has 1 aromatic heterocycles. The Balaban J connectivity index is 1.76. The molecule has 0 amide bonds. The maximum absolute atomic E-state index is 12.1. The Morgan fingerprint density at radius 1 is 1.21 bits per heavy atom. The van der Waals surface area contributed by atoms with E-state index in [0.29, 0.717) is 10.1 Å². The Morgan fingerprint density at radius 2 is 1.93 bits per heavy atom. The van der Waals surface area contributed by atoms with Crippen molar-refractivity contribution in [1.82, 2.24) is 14.9 Å². The molecule has 3 N–H and O–H groups in total. The van der Waals surface area contributed by atoms with E-state index in [1.807, 2.05) is 30.3 Å². The van der Waals surface area contributed by atoms with Gasteiger partial charge in [0.25, 0.3) is 0 Å². The van der Waals surface area contributed by atoms with Crippen LogP contribution in [0.1, 0.15) is 23.0 Å². The van der Waals surface area contributed by atoms with Crippen LogP contribution in [0.25, 0.3) is 0 Å². The number of rotatable bonds is 3. The van der Waals surface area contributed by atoms with E-state index < -0.39 is 18.1 Å². The molecule has 142 valence electrons. The molecule has 4 rings (SSSR count). The van der Waals surface area contributed by atoms with E-state index in [1.54, 1.807) is 35.5 Å². The molecule has 1 aliphatic rings. The Hall–Kier alpha value is -2.90. The number of hydrogen-bond donors (Lipinski definition) is 3. The van der Waals surface area contributed by atoms with E-state index in [0.717, 1.165) is 22.6 Å². The van der Waals surface area contributed by atoms with E-state index in [-0.39, 0.29) is 6.42 Å². The Labute approximate surface area is 172 Å². The van der Waals surface area contributed by atoms with Gasteiger partial charge in [-0.3, -0.25) is 0 Å². The SMILES string of the molecule is O=C(O)C1Cc2[nH]cnc2C(c2ccccc2)N1C(=S)Nc1ccc(Cl)cc1. The number of carboxylic acid groups (broad SMARTS) is 1. The first-order valence-corrected chi connectivity index (χ1v) is 9.48. The molecule has 3 aromatic rings. The number of fused-ring (bicyclic) bond motifs is 1. The van der Waals surface area contributed by atoms with Gasteiger partial charge in [-0.25, -0.2) is 9.78 Å². The number of aromatic amines is 1. The summed E-state index contributed by atoms with van der Waals surface area (Å²) in [4.78, 5) is 21.3. The van der Waals surface area contributed by atoms with Crippen LogP contribution in [0.5, 0.6) is 0 Å². The maximum Gasteiger partial charge on any atom is 0.326 e. The van der Waals surface area contributed by atoms with Crippen molar-refractivity contribution in [1.29, 1.82) is 0 Å². The summed E-state index contributed by atoms with van der Waals surface area (Å²) in [5.74, 6) is -0.943. The molecule has 2 aromatic carbocycles. The fourth-order valence-electron chi connectivity index (χ4n) is 3.47. The lowest BCUT2D eigenvalue weighted by Gasteiger charge is -2.41. The number of halogens is 1. The molecular weight excluding hydrogens is 396 g/mol. The van der Waals surface area contributed by atoms with E-state index in [4.69, 9.17) is 23.8 Å². The van der Waals surface area contributed by atoms with Crippen molar-refractivity contribution in [3.05, 3.63) is 82.9 Å². The van der Waals surface area contributed by atoms with Gasteiger partial charge in [0.2, 0.25) is 0 Å². The zero-order valence-electron chi connectivity index (χ0n) is 14.7. The average molecular weight is 413 g/mol. The van der Waals surface area contributed by atoms with Gasteiger partial charge in [-0.1, -0.05) is 41.9 Å². The minimum absolute atomic E-state index is 0.288. The number of imidazole rings is 1. The maximum atomic E-state index is 12.1. The highest BCUT2D eigenvalue weighted by Crippen LogP contribution is 2.37. The second kappa shape index (κ2) is 7.61. The number of anilines is 1. The number of aromatic nitrogens is 2. The van der Waals surface area contributed by atoms with Gasteiger partial charge in [0.05, 0.1) is 12.0 Å². The smallest absolute Gasteiger partial charge is 0.326 e. The summed E-state index contributed by atoms with van der Waals surface area (Å²) in [5.41, 5.74) is 3.25. The normalized spacial score (nSPS) is 18.4. The predicted molar refractivity (Wildman–Crippen MR) is 112 cm³/mol. The van der Waals surface area contributed by atoms with Crippen LogP contribution in [-0.2, 0) is 11.2 Å². The van der Waals surface area contributed by atoms with Crippen molar-refractivity contribution in [2.45, 2.75) is 18.5 Å². The summed E-state index contributed by atoms with van der Waals surface area (Å²) < 4.78 is 0. The van der Waals surface area contributed by atoms with Crippen LogP contribution in [0.4, 0.5) is 5.69 Å². The zero-order chi connectivity index (χ0) is 19.7. The highest BCUT2D eigenvalue weighted by Gasteiger charge is 2.42. The third-order valence-electron chi connectivity index (χ3n) is 4.75. The van der Waals surface area contributed by atoms with Crippen molar-refractivity contribution in [3.8, 4) is 0 Å². The Bertz CT molecular complexity index is 1010. The topological polar surface area (TPSA) is 81.2 Å². The molecule has 1 aliphatic heterocycles. The van der Waals surface area contributed by atoms with E-state index >= 15 is 0 Å². The largest absolute Gasteiger partial charge is 0.480 e. The number of aliphatic carboxylic acids is 1. The molecule has 0 saturated carbocycles. The molecule has 0 aliphatic carbocycles. The molecule has 0 saturated heterocycles. The molecule has 28 heavy (non-hydrogen) atoms. The molecule has 2 atom stereocenters. The number of thiocarbonyl (C=S) groups is 1. The number of nitrogens with zero attached hydrogens (tertiary/aromatic N) is 2. The fourth-order valence-corrected chi connectivity index (χ4v) is 3.95. The van der Waals surface area contributed by atoms with Crippen LogP contribution in [0.2, 0.25) is 5.02 Å². The van der Waals surface area contributed by atoms with Gasteiger partial charge in [0.1, 0.15) is 12.1 Å². The molecule has 6 nitrogen and oxygen atoms in total. The highest BCUT2D eigenvalue weighted by atomic mass is 35.5. The van der Waals surface area contributed by atoms with Crippen LogP contribution in [0.3, 0.4) is 0 Å². The lowest BCUT2D eigenvalue weighted by atomic mass is 9.91. The lowest BCUT2D eigenvalue weighted by Crippen LogP contribution is -2.53. The van der Waals surface area contributed by atoms with Crippen molar-refractivity contribution in [2.75, 3.05) is 5.32 Å². The second-order valence-electron chi connectivity index (χ2n) is 6.48. The summed E-state index contributed by atoms with van der Waals surface area (Å²) >= 11 is 11.6. The minimum Gasteiger partial charge on any atom is -0.480 e.